The third-order valence-corrected chi connectivity index (χ3v) is 8.95. The largest absolute Gasteiger partial charge is 0.463 e. The minimum atomic E-state index is -2.61. The van der Waals surface area contributed by atoms with Crippen molar-refractivity contribution in [1.82, 2.24) is 25.1 Å². The summed E-state index contributed by atoms with van der Waals surface area (Å²) in [7, 11) is 0. The Morgan fingerprint density at radius 3 is 2.60 bits per heavy atom. The van der Waals surface area contributed by atoms with Crippen LogP contribution in [0.4, 0.5) is 19.0 Å². The number of H-pyrrole nitrogens is 1. The SMILES string of the molecule is C=CC(O)N1[C@H](C)CN(c2nc(OCCC3CC(F)(F)C3)nc3c(F)c(-c4c(C)ccc5cn[nH]c45)c(Cl)cc23)C[C@@H]1C. The Kier molecular flexibility index (Phi) is 7.76. The molecule has 1 aliphatic carbocycles. The Bertz CT molecular complexity index is 1680. The second kappa shape index (κ2) is 11.3. The summed E-state index contributed by atoms with van der Waals surface area (Å²) in [6.45, 7) is 10.7. The first kappa shape index (κ1) is 29.7. The normalized spacial score (nSPS) is 21.7. The summed E-state index contributed by atoms with van der Waals surface area (Å²) in [6, 6.07) is 5.25. The van der Waals surface area contributed by atoms with Gasteiger partial charge in [-0.1, -0.05) is 30.3 Å². The van der Waals surface area contributed by atoms with E-state index in [0.717, 1.165) is 10.9 Å². The number of aryl methyl sites for hydroxylation is 1. The molecule has 43 heavy (non-hydrogen) atoms. The summed E-state index contributed by atoms with van der Waals surface area (Å²) in [5.41, 5.74) is 2.28. The van der Waals surface area contributed by atoms with Crippen molar-refractivity contribution in [3.63, 3.8) is 0 Å². The predicted molar refractivity (Wildman–Crippen MR) is 161 cm³/mol. The zero-order valence-electron chi connectivity index (χ0n) is 24.2. The highest BCUT2D eigenvalue weighted by Gasteiger charge is 2.44. The summed E-state index contributed by atoms with van der Waals surface area (Å²) < 4.78 is 49.3. The number of anilines is 1. The van der Waals surface area contributed by atoms with Crippen LogP contribution in [0.5, 0.6) is 6.01 Å². The molecule has 6 rings (SSSR count). The van der Waals surface area contributed by atoms with Crippen LogP contribution in [-0.4, -0.2) is 74.1 Å². The molecule has 3 heterocycles. The van der Waals surface area contributed by atoms with Crippen LogP contribution in [0.1, 0.15) is 38.7 Å². The van der Waals surface area contributed by atoms with E-state index in [-0.39, 0.29) is 59.6 Å². The van der Waals surface area contributed by atoms with Crippen molar-refractivity contribution in [3.05, 3.63) is 53.5 Å². The number of aromatic nitrogens is 4. The maximum Gasteiger partial charge on any atom is 0.319 e. The number of alkyl halides is 2. The van der Waals surface area contributed by atoms with Crippen LogP contribution in [0.25, 0.3) is 32.9 Å². The highest BCUT2D eigenvalue weighted by molar-refractivity contribution is 6.35. The molecule has 1 saturated carbocycles. The Morgan fingerprint density at radius 1 is 1.21 bits per heavy atom. The van der Waals surface area contributed by atoms with Gasteiger partial charge in [-0.25, -0.2) is 13.2 Å². The lowest BCUT2D eigenvalue weighted by Crippen LogP contribution is -2.59. The van der Waals surface area contributed by atoms with Gasteiger partial charge in [-0.05, 0) is 50.8 Å². The van der Waals surface area contributed by atoms with Crippen LogP contribution < -0.4 is 9.64 Å². The number of nitrogens with zero attached hydrogens (tertiary/aromatic N) is 5. The molecule has 2 aliphatic rings. The minimum Gasteiger partial charge on any atom is -0.463 e. The van der Waals surface area contributed by atoms with E-state index in [0.29, 0.717) is 41.8 Å². The maximum atomic E-state index is 16.7. The Hall–Kier alpha value is -3.41. The van der Waals surface area contributed by atoms with Gasteiger partial charge >= 0.3 is 6.01 Å². The van der Waals surface area contributed by atoms with E-state index >= 15 is 4.39 Å². The number of ether oxygens (including phenoxy) is 1. The number of aliphatic hydroxyl groups is 1. The standard InChI is InChI=1S/C31H34ClF3N6O2/c1-5-23(42)41-17(3)14-40(15-18(41)4)29-21-10-22(32)25(24-16(2)6-7-20-13-36-39-27(20)24)26(33)28(21)37-30(38-29)43-9-8-19-11-31(34,35)12-19/h5-7,10,13,17-19,23,42H,1,8-9,11-12,14-15H2,2-4H3,(H,36,39)/t17-,18+,23?. The van der Waals surface area contributed by atoms with Gasteiger partial charge in [-0.2, -0.15) is 15.1 Å². The first-order valence-corrected chi connectivity index (χ1v) is 14.8. The van der Waals surface area contributed by atoms with E-state index < -0.39 is 18.0 Å². The van der Waals surface area contributed by atoms with Gasteiger partial charge < -0.3 is 14.7 Å². The summed E-state index contributed by atoms with van der Waals surface area (Å²) in [5.74, 6) is -2.92. The van der Waals surface area contributed by atoms with Crippen LogP contribution in [-0.2, 0) is 0 Å². The molecule has 2 N–H and O–H groups in total. The number of hydrogen-bond donors (Lipinski definition) is 2. The van der Waals surface area contributed by atoms with Crippen LogP contribution in [0, 0.1) is 18.7 Å². The third kappa shape index (κ3) is 5.42. The van der Waals surface area contributed by atoms with E-state index in [1.165, 1.54) is 6.08 Å². The molecule has 1 aliphatic heterocycles. The van der Waals surface area contributed by atoms with Gasteiger partial charge in [0.25, 0.3) is 0 Å². The van der Waals surface area contributed by atoms with Gasteiger partial charge in [0.15, 0.2) is 5.82 Å². The molecule has 1 unspecified atom stereocenters. The maximum absolute atomic E-state index is 16.7. The number of aromatic amines is 1. The van der Waals surface area contributed by atoms with E-state index in [1.54, 1.807) is 12.3 Å². The number of nitrogens with one attached hydrogen (secondary N) is 1. The Labute approximate surface area is 252 Å². The quantitative estimate of drug-likeness (QED) is 0.219. The highest BCUT2D eigenvalue weighted by Crippen LogP contribution is 2.45. The molecule has 3 atom stereocenters. The van der Waals surface area contributed by atoms with Crippen molar-refractivity contribution in [2.75, 3.05) is 24.6 Å². The van der Waals surface area contributed by atoms with Gasteiger partial charge in [0.05, 0.1) is 23.3 Å². The number of hydrogen-bond acceptors (Lipinski definition) is 7. The summed E-state index contributed by atoms with van der Waals surface area (Å²) >= 11 is 6.84. The molecular weight excluding hydrogens is 581 g/mol. The van der Waals surface area contributed by atoms with Crippen molar-refractivity contribution < 1.29 is 23.0 Å². The van der Waals surface area contributed by atoms with E-state index in [1.807, 2.05) is 42.7 Å². The van der Waals surface area contributed by atoms with Crippen LogP contribution >= 0.6 is 11.6 Å². The number of fused-ring (bicyclic) bond motifs is 2. The lowest BCUT2D eigenvalue weighted by molar-refractivity contribution is -0.113. The molecule has 0 bridgehead atoms. The molecule has 2 aromatic heterocycles. The molecule has 12 heteroatoms. The monoisotopic (exact) mass is 614 g/mol. The van der Waals surface area contributed by atoms with E-state index in [2.05, 4.69) is 21.8 Å². The molecule has 1 saturated heterocycles. The van der Waals surface area contributed by atoms with Crippen molar-refractivity contribution in [1.29, 1.82) is 0 Å². The Morgan fingerprint density at radius 2 is 1.93 bits per heavy atom. The van der Waals surface area contributed by atoms with Crippen molar-refractivity contribution in [2.24, 2.45) is 5.92 Å². The molecule has 0 spiro atoms. The number of halogens is 4. The summed E-state index contributed by atoms with van der Waals surface area (Å²) in [5, 5.41) is 19.0. The van der Waals surface area contributed by atoms with Crippen molar-refractivity contribution in [2.45, 2.75) is 64.3 Å². The Balaban J connectivity index is 1.44. The fraction of sp³-hybridized carbons (Fsp3) is 0.452. The zero-order chi connectivity index (χ0) is 30.6. The molecule has 4 aromatic rings. The topological polar surface area (TPSA) is 90.4 Å². The van der Waals surface area contributed by atoms with Gasteiger partial charge in [0, 0.05) is 59.9 Å². The average Bonchev–Trinajstić information content (AvgIpc) is 3.41. The van der Waals surface area contributed by atoms with Crippen LogP contribution in [0.15, 0.2) is 37.1 Å². The smallest absolute Gasteiger partial charge is 0.319 e. The second-order valence-corrected chi connectivity index (χ2v) is 12.2. The molecule has 8 nitrogen and oxygen atoms in total. The fourth-order valence-corrected chi connectivity index (χ4v) is 6.88. The molecule has 2 fully saturated rings. The third-order valence-electron chi connectivity index (χ3n) is 8.65. The average molecular weight is 615 g/mol. The van der Waals surface area contributed by atoms with E-state index in [9.17, 15) is 13.9 Å². The second-order valence-electron chi connectivity index (χ2n) is 11.8. The highest BCUT2D eigenvalue weighted by atomic mass is 35.5. The zero-order valence-corrected chi connectivity index (χ0v) is 25.0. The first-order chi connectivity index (χ1) is 20.5. The van der Waals surface area contributed by atoms with Crippen molar-refractivity contribution in [3.8, 4) is 17.1 Å². The number of benzene rings is 2. The summed E-state index contributed by atoms with van der Waals surface area (Å²) in [4.78, 5) is 13.2. The van der Waals surface area contributed by atoms with Crippen LogP contribution in [0.2, 0.25) is 5.02 Å². The fourth-order valence-electron chi connectivity index (χ4n) is 6.59. The van der Waals surface area contributed by atoms with E-state index in [4.69, 9.17) is 21.3 Å². The lowest BCUT2D eigenvalue weighted by Gasteiger charge is -2.46. The summed E-state index contributed by atoms with van der Waals surface area (Å²) in [6.07, 6.45) is 2.45. The lowest BCUT2D eigenvalue weighted by atomic mass is 9.79. The molecule has 0 radical (unpaired) electrons. The number of piperazine rings is 1. The number of rotatable bonds is 8. The van der Waals surface area contributed by atoms with Crippen molar-refractivity contribution >= 4 is 39.2 Å². The van der Waals surface area contributed by atoms with Gasteiger partial charge in [-0.15, -0.1) is 0 Å². The molecular formula is C31H34ClF3N6O2. The molecule has 0 amide bonds. The molecule has 2 aromatic carbocycles. The van der Waals surface area contributed by atoms with Gasteiger partial charge in [0.1, 0.15) is 17.6 Å². The van der Waals surface area contributed by atoms with Gasteiger partial charge in [0.2, 0.25) is 5.92 Å². The predicted octanol–water partition coefficient (Wildman–Crippen LogP) is 6.49. The number of aliphatic hydroxyl groups excluding tert-OH is 1. The van der Waals surface area contributed by atoms with Gasteiger partial charge in [-0.3, -0.25) is 10.00 Å². The van der Waals surface area contributed by atoms with Crippen LogP contribution in [0.3, 0.4) is 0 Å². The first-order valence-electron chi connectivity index (χ1n) is 14.4. The minimum absolute atomic E-state index is 0.0360. The molecule has 228 valence electrons.